The summed E-state index contributed by atoms with van der Waals surface area (Å²) in [6, 6.07) is 8.71. The lowest BCUT2D eigenvalue weighted by atomic mass is 10.0. The monoisotopic (exact) mass is 303 g/mol. The number of ether oxygens (including phenoxy) is 2. The molecule has 3 nitrogen and oxygen atoms in total. The molecule has 0 aliphatic carbocycles. The molecule has 1 aliphatic heterocycles. The van der Waals surface area contributed by atoms with Crippen LogP contribution in [0.5, 0.6) is 11.5 Å². The van der Waals surface area contributed by atoms with Crippen LogP contribution in [0.4, 0.5) is 0 Å². The zero-order valence-corrected chi connectivity index (χ0v) is 13.5. The van der Waals surface area contributed by atoms with Gasteiger partial charge in [0, 0.05) is 16.2 Å². The smallest absolute Gasteiger partial charge is 0.161 e. The second kappa shape index (κ2) is 6.08. The van der Waals surface area contributed by atoms with Crippen molar-refractivity contribution in [3.63, 3.8) is 0 Å². The number of aryl methyl sites for hydroxylation is 2. The first-order valence-electron chi connectivity index (χ1n) is 7.33. The number of nitrogens with one attached hydrogen (secondary N) is 1. The van der Waals surface area contributed by atoms with E-state index in [1.807, 2.05) is 24.5 Å². The Bertz CT molecular complexity index is 616. The van der Waals surface area contributed by atoms with Crippen LogP contribution in [-0.4, -0.2) is 20.3 Å². The largest absolute Gasteiger partial charge is 0.490 e. The average Bonchev–Trinajstić information content (AvgIpc) is 2.69. The molecule has 1 aromatic carbocycles. The Morgan fingerprint density at radius 3 is 2.52 bits per heavy atom. The molecule has 1 aromatic heterocycles. The maximum absolute atomic E-state index is 5.80. The predicted octanol–water partition coefficient (Wildman–Crippen LogP) is 3.84. The van der Waals surface area contributed by atoms with Crippen molar-refractivity contribution in [1.82, 2.24) is 5.32 Å². The van der Waals surface area contributed by atoms with E-state index in [4.69, 9.17) is 9.47 Å². The van der Waals surface area contributed by atoms with E-state index in [2.05, 4.69) is 37.4 Å². The van der Waals surface area contributed by atoms with Crippen LogP contribution in [0.25, 0.3) is 0 Å². The van der Waals surface area contributed by atoms with Crippen molar-refractivity contribution in [2.24, 2.45) is 0 Å². The van der Waals surface area contributed by atoms with Crippen molar-refractivity contribution >= 4 is 11.3 Å². The molecule has 0 radical (unpaired) electrons. The Morgan fingerprint density at radius 2 is 1.86 bits per heavy atom. The average molecular weight is 303 g/mol. The van der Waals surface area contributed by atoms with Gasteiger partial charge in [0.25, 0.3) is 0 Å². The Hall–Kier alpha value is -1.52. The van der Waals surface area contributed by atoms with Crippen molar-refractivity contribution in [2.75, 3.05) is 20.3 Å². The van der Waals surface area contributed by atoms with Crippen molar-refractivity contribution < 1.29 is 9.47 Å². The second-order valence-electron chi connectivity index (χ2n) is 5.37. The molecule has 1 aliphatic rings. The second-order valence-corrected chi connectivity index (χ2v) is 6.65. The molecular formula is C17H21NO2S. The molecular weight excluding hydrogens is 282 g/mol. The van der Waals surface area contributed by atoms with Crippen molar-refractivity contribution in [3.05, 3.63) is 45.1 Å². The number of fused-ring (bicyclic) bond motifs is 1. The van der Waals surface area contributed by atoms with E-state index in [0.29, 0.717) is 0 Å². The number of rotatable bonds is 3. The van der Waals surface area contributed by atoms with Gasteiger partial charge in [0.05, 0.1) is 19.3 Å². The number of hydrogen-bond acceptors (Lipinski definition) is 4. The zero-order valence-electron chi connectivity index (χ0n) is 12.7. The molecule has 1 unspecified atom stereocenters. The summed E-state index contributed by atoms with van der Waals surface area (Å²) in [5.41, 5.74) is 2.56. The predicted molar refractivity (Wildman–Crippen MR) is 86.7 cm³/mol. The third-order valence-electron chi connectivity index (χ3n) is 3.86. The van der Waals surface area contributed by atoms with Crippen molar-refractivity contribution in [3.8, 4) is 11.5 Å². The normalized spacial score (nSPS) is 15.6. The SMILES string of the molecule is CNC(c1ccc2c(c1)OCCCO2)c1cc(C)c(C)s1. The minimum Gasteiger partial charge on any atom is -0.490 e. The summed E-state index contributed by atoms with van der Waals surface area (Å²) in [7, 11) is 2.00. The minimum absolute atomic E-state index is 0.194. The van der Waals surface area contributed by atoms with Crippen LogP contribution in [0.2, 0.25) is 0 Å². The molecule has 2 aromatic rings. The zero-order chi connectivity index (χ0) is 14.8. The lowest BCUT2D eigenvalue weighted by Crippen LogP contribution is -2.16. The Morgan fingerprint density at radius 1 is 1.10 bits per heavy atom. The molecule has 0 bridgehead atoms. The molecule has 1 N–H and O–H groups in total. The van der Waals surface area contributed by atoms with Gasteiger partial charge in [0.2, 0.25) is 0 Å². The van der Waals surface area contributed by atoms with Gasteiger partial charge in [-0.3, -0.25) is 0 Å². The summed E-state index contributed by atoms with van der Waals surface area (Å²) in [6.45, 7) is 5.78. The van der Waals surface area contributed by atoms with E-state index >= 15 is 0 Å². The Balaban J connectivity index is 1.95. The first-order valence-corrected chi connectivity index (χ1v) is 8.14. The molecule has 3 rings (SSSR count). The van der Waals surface area contributed by atoms with Gasteiger partial charge >= 0.3 is 0 Å². The molecule has 0 spiro atoms. The fourth-order valence-corrected chi connectivity index (χ4v) is 3.76. The summed E-state index contributed by atoms with van der Waals surface area (Å²) in [5, 5.41) is 3.41. The number of thiophene rings is 1. The van der Waals surface area contributed by atoms with Crippen LogP contribution in [0.15, 0.2) is 24.3 Å². The summed E-state index contributed by atoms with van der Waals surface area (Å²) >= 11 is 1.85. The molecule has 21 heavy (non-hydrogen) atoms. The Kier molecular flexibility index (Phi) is 4.17. The maximum atomic E-state index is 5.80. The lowest BCUT2D eigenvalue weighted by molar-refractivity contribution is 0.297. The van der Waals surface area contributed by atoms with Crippen molar-refractivity contribution in [1.29, 1.82) is 0 Å². The third kappa shape index (κ3) is 2.92. The van der Waals surface area contributed by atoms with Gasteiger partial charge in [-0.15, -0.1) is 11.3 Å². The summed E-state index contributed by atoms with van der Waals surface area (Å²) < 4.78 is 11.5. The molecule has 112 valence electrons. The fourth-order valence-electron chi connectivity index (χ4n) is 2.58. The van der Waals surface area contributed by atoms with Crippen LogP contribution in [0.1, 0.15) is 33.3 Å². The van der Waals surface area contributed by atoms with E-state index in [1.165, 1.54) is 20.9 Å². The van der Waals surface area contributed by atoms with E-state index in [9.17, 15) is 0 Å². The molecule has 4 heteroatoms. The molecule has 2 heterocycles. The molecule has 1 atom stereocenters. The van der Waals surface area contributed by atoms with E-state index in [-0.39, 0.29) is 6.04 Å². The topological polar surface area (TPSA) is 30.5 Å². The van der Waals surface area contributed by atoms with Crippen LogP contribution in [0, 0.1) is 13.8 Å². The highest BCUT2D eigenvalue weighted by Crippen LogP contribution is 2.36. The first-order chi connectivity index (χ1) is 10.2. The standard InChI is InChI=1S/C17H21NO2S/c1-11-9-16(21-12(11)2)17(18-3)13-5-6-14-15(10-13)20-8-4-7-19-14/h5-6,9-10,17-18H,4,7-8H2,1-3H3. The Labute approximate surface area is 129 Å². The lowest BCUT2D eigenvalue weighted by Gasteiger charge is -2.17. The molecule has 0 fully saturated rings. The minimum atomic E-state index is 0.194. The summed E-state index contributed by atoms with van der Waals surface area (Å²) in [4.78, 5) is 2.71. The molecule has 0 saturated carbocycles. The van der Waals surface area contributed by atoms with Crippen LogP contribution < -0.4 is 14.8 Å². The van der Waals surface area contributed by atoms with E-state index in [0.717, 1.165) is 31.1 Å². The van der Waals surface area contributed by atoms with Gasteiger partial charge in [-0.2, -0.15) is 0 Å². The van der Waals surface area contributed by atoms with Gasteiger partial charge in [0.1, 0.15) is 0 Å². The highest BCUT2D eigenvalue weighted by atomic mass is 32.1. The third-order valence-corrected chi connectivity index (χ3v) is 5.08. The summed E-state index contributed by atoms with van der Waals surface area (Å²) in [5.74, 6) is 1.71. The van der Waals surface area contributed by atoms with Gasteiger partial charge < -0.3 is 14.8 Å². The molecule has 0 amide bonds. The number of hydrogen-bond donors (Lipinski definition) is 1. The fraction of sp³-hybridized carbons (Fsp3) is 0.412. The van der Waals surface area contributed by atoms with Gasteiger partial charge in [-0.1, -0.05) is 6.07 Å². The van der Waals surface area contributed by atoms with E-state index in [1.54, 1.807) is 0 Å². The highest BCUT2D eigenvalue weighted by molar-refractivity contribution is 7.12. The maximum Gasteiger partial charge on any atom is 0.161 e. The summed E-state index contributed by atoms with van der Waals surface area (Å²) in [6.07, 6.45) is 0.933. The van der Waals surface area contributed by atoms with Crippen molar-refractivity contribution in [2.45, 2.75) is 26.3 Å². The first kappa shape index (κ1) is 14.4. The highest BCUT2D eigenvalue weighted by Gasteiger charge is 2.18. The van der Waals surface area contributed by atoms with Crippen LogP contribution in [-0.2, 0) is 0 Å². The quantitative estimate of drug-likeness (QED) is 0.934. The van der Waals surface area contributed by atoms with Gasteiger partial charge in [-0.05, 0) is 50.2 Å². The van der Waals surface area contributed by atoms with E-state index < -0.39 is 0 Å². The van der Waals surface area contributed by atoms with Crippen LogP contribution >= 0.6 is 11.3 Å². The van der Waals surface area contributed by atoms with Crippen LogP contribution in [0.3, 0.4) is 0 Å². The number of benzene rings is 1. The molecule has 0 saturated heterocycles. The van der Waals surface area contributed by atoms with Gasteiger partial charge in [-0.25, -0.2) is 0 Å². The van der Waals surface area contributed by atoms with Gasteiger partial charge in [0.15, 0.2) is 11.5 Å².